The van der Waals surface area contributed by atoms with Crippen molar-refractivity contribution in [1.82, 2.24) is 0 Å². The lowest BCUT2D eigenvalue weighted by Gasteiger charge is -2.12. The molecule has 0 aromatic heterocycles. The maximum absolute atomic E-state index is 4.13. The second kappa shape index (κ2) is 5.59. The minimum absolute atomic E-state index is 0.930. The summed E-state index contributed by atoms with van der Waals surface area (Å²) in [6.45, 7) is 10.5. The lowest BCUT2D eigenvalue weighted by Crippen LogP contribution is -2.02. The van der Waals surface area contributed by atoms with Gasteiger partial charge in [-0.3, -0.25) is 0 Å². The van der Waals surface area contributed by atoms with E-state index in [0.29, 0.717) is 0 Å². The standard InChI is InChI=1S/C17H20NP/c1-11-5-6-15(9-12(11)2)14(4)18-16-7-8-17(19)13(3)10-16/h5-10,18H,4,19H2,1-3H3. The number of hydrogen-bond donors (Lipinski definition) is 1. The van der Waals surface area contributed by atoms with Crippen molar-refractivity contribution in [1.29, 1.82) is 0 Å². The number of hydrogen-bond acceptors (Lipinski definition) is 1. The van der Waals surface area contributed by atoms with Crippen molar-refractivity contribution in [3.8, 4) is 0 Å². The number of benzene rings is 2. The van der Waals surface area contributed by atoms with Crippen molar-refractivity contribution in [2.45, 2.75) is 20.8 Å². The van der Waals surface area contributed by atoms with E-state index < -0.39 is 0 Å². The Balaban J connectivity index is 2.20. The first-order valence-electron chi connectivity index (χ1n) is 6.37. The second-order valence-electron chi connectivity index (χ2n) is 4.97. The molecule has 1 nitrogen and oxygen atoms in total. The highest BCUT2D eigenvalue weighted by Crippen LogP contribution is 2.20. The maximum Gasteiger partial charge on any atom is 0.0387 e. The van der Waals surface area contributed by atoms with E-state index in [2.05, 4.69) is 78.3 Å². The summed E-state index contributed by atoms with van der Waals surface area (Å²) in [7, 11) is 2.74. The summed E-state index contributed by atoms with van der Waals surface area (Å²) in [6, 6.07) is 12.7. The van der Waals surface area contributed by atoms with Crippen LogP contribution in [0.3, 0.4) is 0 Å². The van der Waals surface area contributed by atoms with Crippen LogP contribution in [-0.4, -0.2) is 0 Å². The zero-order valence-electron chi connectivity index (χ0n) is 11.7. The normalized spacial score (nSPS) is 10.3. The van der Waals surface area contributed by atoms with Crippen molar-refractivity contribution < 1.29 is 0 Å². The highest BCUT2D eigenvalue weighted by atomic mass is 31.0. The van der Waals surface area contributed by atoms with Gasteiger partial charge in [-0.1, -0.05) is 24.8 Å². The van der Waals surface area contributed by atoms with Crippen LogP contribution in [0, 0.1) is 20.8 Å². The van der Waals surface area contributed by atoms with Gasteiger partial charge in [0.15, 0.2) is 0 Å². The van der Waals surface area contributed by atoms with Gasteiger partial charge in [-0.2, -0.15) is 0 Å². The SMILES string of the molecule is C=C(Nc1ccc(P)c(C)c1)c1ccc(C)c(C)c1. The fraction of sp³-hybridized carbons (Fsp3) is 0.176. The van der Waals surface area contributed by atoms with E-state index >= 15 is 0 Å². The van der Waals surface area contributed by atoms with Gasteiger partial charge < -0.3 is 5.32 Å². The summed E-state index contributed by atoms with van der Waals surface area (Å²) < 4.78 is 0. The van der Waals surface area contributed by atoms with Gasteiger partial charge in [-0.15, -0.1) is 9.24 Å². The molecule has 98 valence electrons. The molecule has 0 heterocycles. The first-order chi connectivity index (χ1) is 8.97. The van der Waals surface area contributed by atoms with Gasteiger partial charge in [0, 0.05) is 11.4 Å². The molecule has 0 aliphatic carbocycles. The number of rotatable bonds is 3. The third-order valence-electron chi connectivity index (χ3n) is 3.42. The fourth-order valence-corrected chi connectivity index (χ4v) is 2.11. The lowest BCUT2D eigenvalue weighted by molar-refractivity contribution is 1.33. The number of aryl methyl sites for hydroxylation is 3. The summed E-state index contributed by atoms with van der Waals surface area (Å²) >= 11 is 0. The molecule has 0 radical (unpaired) electrons. The van der Waals surface area contributed by atoms with Crippen molar-refractivity contribution in [2.75, 3.05) is 5.32 Å². The smallest absolute Gasteiger partial charge is 0.0387 e. The van der Waals surface area contributed by atoms with Crippen LogP contribution in [0.4, 0.5) is 5.69 Å². The third-order valence-corrected chi connectivity index (χ3v) is 4.07. The summed E-state index contributed by atoms with van der Waals surface area (Å²) in [5.74, 6) is 0. The molecular weight excluding hydrogens is 249 g/mol. The van der Waals surface area contributed by atoms with E-state index in [1.54, 1.807) is 0 Å². The van der Waals surface area contributed by atoms with Crippen molar-refractivity contribution in [2.24, 2.45) is 0 Å². The summed E-state index contributed by atoms with van der Waals surface area (Å²) in [5.41, 5.74) is 6.99. The van der Waals surface area contributed by atoms with Crippen LogP contribution in [0.5, 0.6) is 0 Å². The average Bonchev–Trinajstić information content (AvgIpc) is 2.37. The molecule has 2 aromatic rings. The zero-order valence-corrected chi connectivity index (χ0v) is 12.9. The summed E-state index contributed by atoms with van der Waals surface area (Å²) in [5, 5.41) is 4.59. The molecule has 19 heavy (non-hydrogen) atoms. The van der Waals surface area contributed by atoms with Crippen LogP contribution in [0.2, 0.25) is 0 Å². The molecule has 1 unspecified atom stereocenters. The van der Waals surface area contributed by atoms with Crippen LogP contribution < -0.4 is 10.6 Å². The topological polar surface area (TPSA) is 12.0 Å². The predicted molar refractivity (Wildman–Crippen MR) is 89.1 cm³/mol. The van der Waals surface area contributed by atoms with Gasteiger partial charge >= 0.3 is 0 Å². The van der Waals surface area contributed by atoms with E-state index in [1.165, 1.54) is 22.0 Å². The van der Waals surface area contributed by atoms with Crippen molar-refractivity contribution in [3.05, 3.63) is 65.2 Å². The van der Waals surface area contributed by atoms with E-state index in [-0.39, 0.29) is 0 Å². The largest absolute Gasteiger partial charge is 0.356 e. The van der Waals surface area contributed by atoms with Gasteiger partial charge in [0.2, 0.25) is 0 Å². The molecule has 0 amide bonds. The van der Waals surface area contributed by atoms with E-state index in [4.69, 9.17) is 0 Å². The van der Waals surface area contributed by atoms with Gasteiger partial charge in [-0.05, 0) is 66.5 Å². The molecule has 0 bridgehead atoms. The Hall–Kier alpha value is -1.59. The molecule has 2 aromatic carbocycles. The monoisotopic (exact) mass is 269 g/mol. The van der Waals surface area contributed by atoms with Crippen molar-refractivity contribution >= 4 is 25.9 Å². The Morgan fingerprint density at radius 3 is 2.32 bits per heavy atom. The zero-order chi connectivity index (χ0) is 14.0. The molecule has 0 saturated heterocycles. The summed E-state index contributed by atoms with van der Waals surface area (Å²) in [6.07, 6.45) is 0. The minimum atomic E-state index is 0.930. The molecule has 0 fully saturated rings. The summed E-state index contributed by atoms with van der Waals surface area (Å²) in [4.78, 5) is 0. The first-order valence-corrected chi connectivity index (χ1v) is 6.95. The van der Waals surface area contributed by atoms with E-state index in [9.17, 15) is 0 Å². The van der Waals surface area contributed by atoms with Crippen LogP contribution >= 0.6 is 9.24 Å². The van der Waals surface area contributed by atoms with E-state index in [0.717, 1.165) is 16.9 Å². The quantitative estimate of drug-likeness (QED) is 0.824. The minimum Gasteiger partial charge on any atom is -0.356 e. The molecule has 0 aliphatic heterocycles. The first kappa shape index (κ1) is 13.8. The Morgan fingerprint density at radius 2 is 1.68 bits per heavy atom. The van der Waals surface area contributed by atoms with Crippen LogP contribution in [0.25, 0.3) is 5.70 Å². The van der Waals surface area contributed by atoms with E-state index in [1.807, 2.05) is 0 Å². The fourth-order valence-electron chi connectivity index (χ4n) is 1.93. The highest BCUT2D eigenvalue weighted by Gasteiger charge is 2.02. The molecular formula is C17H20NP. The molecule has 2 heteroatoms. The molecule has 0 spiro atoms. The predicted octanol–water partition coefficient (Wildman–Crippen LogP) is 4.20. The Kier molecular flexibility index (Phi) is 4.07. The van der Waals surface area contributed by atoms with Crippen LogP contribution in [0.1, 0.15) is 22.3 Å². The molecule has 1 atom stereocenters. The van der Waals surface area contributed by atoms with Gasteiger partial charge in [0.25, 0.3) is 0 Å². The van der Waals surface area contributed by atoms with Crippen molar-refractivity contribution in [3.63, 3.8) is 0 Å². The third kappa shape index (κ3) is 3.24. The maximum atomic E-state index is 4.13. The van der Waals surface area contributed by atoms with Crippen LogP contribution in [-0.2, 0) is 0 Å². The number of anilines is 1. The van der Waals surface area contributed by atoms with Gasteiger partial charge in [0.1, 0.15) is 0 Å². The van der Waals surface area contributed by atoms with Gasteiger partial charge in [0.05, 0.1) is 0 Å². The van der Waals surface area contributed by atoms with Gasteiger partial charge in [-0.25, -0.2) is 0 Å². The van der Waals surface area contributed by atoms with Crippen LogP contribution in [0.15, 0.2) is 43.0 Å². The Morgan fingerprint density at radius 1 is 0.947 bits per heavy atom. The second-order valence-corrected chi connectivity index (χ2v) is 5.60. The molecule has 0 aliphatic rings. The molecule has 1 N–H and O–H groups in total. The lowest BCUT2D eigenvalue weighted by atomic mass is 10.0. The number of nitrogens with one attached hydrogen (secondary N) is 1. The molecule has 2 rings (SSSR count). The average molecular weight is 269 g/mol. The molecule has 0 saturated carbocycles. The Bertz CT molecular complexity index is 629. The Labute approximate surface area is 118 Å². The highest BCUT2D eigenvalue weighted by molar-refractivity contribution is 7.27.